The third-order valence-electron chi connectivity index (χ3n) is 6.17. The van der Waals surface area contributed by atoms with Crippen LogP contribution >= 0.6 is 7.82 Å². The van der Waals surface area contributed by atoms with E-state index in [0.29, 0.717) is 19.3 Å². The molecule has 1 aliphatic heterocycles. The van der Waals surface area contributed by atoms with Gasteiger partial charge in [0.2, 0.25) is 5.91 Å². The minimum atomic E-state index is -4.67. The van der Waals surface area contributed by atoms with Crippen LogP contribution < -0.4 is 5.32 Å². The Morgan fingerprint density at radius 1 is 1.06 bits per heavy atom. The number of rotatable bonds is 16. The number of nitrogens with one attached hydrogen (secondary N) is 1. The summed E-state index contributed by atoms with van der Waals surface area (Å²) < 4.78 is 20.7. The van der Waals surface area contributed by atoms with Gasteiger partial charge in [-0.1, -0.05) is 51.5 Å². The predicted molar refractivity (Wildman–Crippen MR) is 122 cm³/mol. The minimum absolute atomic E-state index is 0.0374. The zero-order valence-electron chi connectivity index (χ0n) is 19.8. The number of hydrogen-bond donors (Lipinski definition) is 5. The lowest BCUT2D eigenvalue weighted by Crippen LogP contribution is -2.52. The van der Waals surface area contributed by atoms with Gasteiger partial charge in [0, 0.05) is 0 Å². The Balaban J connectivity index is 2.28. The van der Waals surface area contributed by atoms with Crippen LogP contribution in [0.4, 0.5) is 0 Å². The Kier molecular flexibility index (Phi) is 13.0. The Bertz CT molecular complexity index is 695. The van der Waals surface area contributed by atoms with Gasteiger partial charge in [0.1, 0.15) is 18.3 Å². The van der Waals surface area contributed by atoms with E-state index in [2.05, 4.69) is 9.84 Å². The van der Waals surface area contributed by atoms with Gasteiger partial charge in [-0.3, -0.25) is 14.1 Å². The maximum atomic E-state index is 12.2. The highest BCUT2D eigenvalue weighted by atomic mass is 31.2. The fraction of sp³-hybridized carbons (Fsp3) is 0.818. The molecule has 0 bridgehead atoms. The number of aliphatic hydroxyl groups excluding tert-OH is 2. The average Bonchev–Trinajstić information content (AvgIpc) is 3.00. The van der Waals surface area contributed by atoms with E-state index < -0.39 is 44.4 Å². The van der Waals surface area contributed by atoms with Crippen molar-refractivity contribution >= 4 is 19.5 Å². The number of hydrogen-bond acceptors (Lipinski definition) is 7. The summed E-state index contributed by atoms with van der Waals surface area (Å²) in [6.45, 7) is 4.67. The van der Waals surface area contributed by atoms with Gasteiger partial charge in [-0.2, -0.15) is 0 Å². The van der Waals surface area contributed by atoms with Crippen molar-refractivity contribution in [3.05, 3.63) is 12.2 Å². The topological polar surface area (TPSA) is 163 Å². The Morgan fingerprint density at radius 3 is 2.18 bits per heavy atom. The zero-order valence-corrected chi connectivity index (χ0v) is 20.7. The lowest BCUT2D eigenvalue weighted by atomic mass is 9.85. The van der Waals surface area contributed by atoms with Crippen molar-refractivity contribution in [2.45, 2.75) is 109 Å². The van der Waals surface area contributed by atoms with Crippen molar-refractivity contribution < 1.29 is 43.4 Å². The first-order valence-electron chi connectivity index (χ1n) is 11.6. The highest BCUT2D eigenvalue weighted by Crippen LogP contribution is 2.37. The maximum absolute atomic E-state index is 12.2. The van der Waals surface area contributed by atoms with E-state index in [1.165, 1.54) is 13.0 Å². The van der Waals surface area contributed by atoms with E-state index in [1.54, 1.807) is 13.0 Å². The van der Waals surface area contributed by atoms with Gasteiger partial charge in [0.15, 0.2) is 5.78 Å². The van der Waals surface area contributed by atoms with E-state index >= 15 is 0 Å². The number of ketones is 1. The molecule has 5 N–H and O–H groups in total. The smallest absolute Gasteiger partial charge is 0.388 e. The number of carbonyl (C=O) groups is 2. The number of allylic oxidation sites excluding steroid dienone is 1. The minimum Gasteiger partial charge on any atom is -0.388 e. The number of ether oxygens (including phenoxy) is 1. The van der Waals surface area contributed by atoms with Crippen LogP contribution in [0.5, 0.6) is 0 Å². The molecule has 0 aromatic rings. The third-order valence-corrected chi connectivity index (χ3v) is 6.65. The molecule has 10 nitrogen and oxygen atoms in total. The molecule has 1 rings (SSSR count). The van der Waals surface area contributed by atoms with Gasteiger partial charge in [-0.05, 0) is 39.2 Å². The summed E-state index contributed by atoms with van der Waals surface area (Å²) in [5.74, 6) is -0.295. The SMILES string of the molecule is C/C=C\C(=O)NC(CC)(CCCCCCCCC1OC(COP(=O)(O)O)C(O)C1O)C(C)=O. The van der Waals surface area contributed by atoms with Crippen LogP contribution in [0, 0.1) is 0 Å². The molecule has 0 aromatic heterocycles. The Labute approximate surface area is 196 Å². The second kappa shape index (κ2) is 14.3. The molecular formula is C22H40NO9P. The molecule has 0 aliphatic carbocycles. The summed E-state index contributed by atoms with van der Waals surface area (Å²) in [5.41, 5.74) is -0.826. The summed E-state index contributed by atoms with van der Waals surface area (Å²) in [6, 6.07) is 0. The molecule has 1 saturated heterocycles. The molecule has 0 saturated carbocycles. The first-order chi connectivity index (χ1) is 15.5. The van der Waals surface area contributed by atoms with Gasteiger partial charge in [0.25, 0.3) is 0 Å². The standard InChI is InChI=1S/C22H40NO9P/c1-4-12-19(25)23-22(5-2,16(3)24)14-11-9-7-6-8-10-13-17-20(26)21(27)18(32-17)15-31-33(28,29)30/h4,12,17-18,20-21,26-27H,5-11,13-15H2,1-3H3,(H,23,25)(H2,28,29,30)/b12-4-. The number of unbranched alkanes of at least 4 members (excludes halogenated alkanes) is 5. The maximum Gasteiger partial charge on any atom is 0.469 e. The number of aliphatic hydroxyl groups is 2. The van der Waals surface area contributed by atoms with Crippen LogP contribution in [0.2, 0.25) is 0 Å². The quantitative estimate of drug-likeness (QED) is 0.123. The Morgan fingerprint density at radius 2 is 1.64 bits per heavy atom. The van der Waals surface area contributed by atoms with Crippen LogP contribution in [0.15, 0.2) is 12.2 Å². The normalized spacial score (nSPS) is 25.3. The van der Waals surface area contributed by atoms with Gasteiger partial charge >= 0.3 is 7.82 Å². The fourth-order valence-electron chi connectivity index (χ4n) is 4.12. The Hall–Kier alpha value is -1.13. The molecule has 11 heteroatoms. The first-order valence-corrected chi connectivity index (χ1v) is 13.2. The van der Waals surface area contributed by atoms with E-state index in [1.807, 2.05) is 6.92 Å². The average molecular weight is 494 g/mol. The lowest BCUT2D eigenvalue weighted by Gasteiger charge is -2.31. The van der Waals surface area contributed by atoms with Crippen molar-refractivity contribution in [3.63, 3.8) is 0 Å². The molecule has 5 atom stereocenters. The summed E-state index contributed by atoms with van der Waals surface area (Å²) in [5, 5.41) is 22.9. The molecule has 33 heavy (non-hydrogen) atoms. The van der Waals surface area contributed by atoms with Gasteiger partial charge < -0.3 is 30.1 Å². The summed E-state index contributed by atoms with van der Waals surface area (Å²) >= 11 is 0. The molecule has 0 aromatic carbocycles. The molecule has 1 aliphatic rings. The molecule has 1 fully saturated rings. The van der Waals surface area contributed by atoms with Crippen molar-refractivity contribution in [2.75, 3.05) is 6.61 Å². The van der Waals surface area contributed by atoms with Gasteiger partial charge in [-0.25, -0.2) is 4.57 Å². The highest BCUT2D eigenvalue weighted by molar-refractivity contribution is 7.46. The number of amides is 1. The molecule has 192 valence electrons. The molecular weight excluding hydrogens is 453 g/mol. The predicted octanol–water partition coefficient (Wildman–Crippen LogP) is 2.14. The fourth-order valence-corrected chi connectivity index (χ4v) is 4.46. The largest absolute Gasteiger partial charge is 0.469 e. The molecule has 1 heterocycles. The van der Waals surface area contributed by atoms with Crippen LogP contribution in [0.25, 0.3) is 0 Å². The highest BCUT2D eigenvalue weighted by Gasteiger charge is 2.43. The van der Waals surface area contributed by atoms with E-state index in [0.717, 1.165) is 38.5 Å². The number of carbonyl (C=O) groups excluding carboxylic acids is 2. The third kappa shape index (κ3) is 10.3. The lowest BCUT2D eigenvalue weighted by molar-refractivity contribution is -0.129. The second-order valence-corrected chi connectivity index (χ2v) is 9.86. The zero-order chi connectivity index (χ0) is 25.1. The molecule has 0 radical (unpaired) electrons. The first kappa shape index (κ1) is 29.9. The molecule has 0 spiro atoms. The van der Waals surface area contributed by atoms with E-state index in [4.69, 9.17) is 14.5 Å². The summed E-state index contributed by atoms with van der Waals surface area (Å²) in [4.78, 5) is 41.7. The van der Waals surface area contributed by atoms with Crippen LogP contribution in [-0.4, -0.2) is 68.3 Å². The second-order valence-electron chi connectivity index (χ2n) is 8.62. The van der Waals surface area contributed by atoms with Crippen molar-refractivity contribution in [1.82, 2.24) is 5.32 Å². The summed E-state index contributed by atoms with van der Waals surface area (Å²) in [6.07, 6.45) is 6.10. The number of phosphoric acid groups is 1. The van der Waals surface area contributed by atoms with Gasteiger partial charge in [-0.15, -0.1) is 0 Å². The monoisotopic (exact) mass is 493 g/mol. The van der Waals surface area contributed by atoms with Crippen LogP contribution in [0.1, 0.15) is 78.6 Å². The van der Waals surface area contributed by atoms with Crippen LogP contribution in [0.3, 0.4) is 0 Å². The molecule has 5 unspecified atom stereocenters. The van der Waals surface area contributed by atoms with Crippen molar-refractivity contribution in [3.8, 4) is 0 Å². The van der Waals surface area contributed by atoms with E-state index in [9.17, 15) is 24.4 Å². The van der Waals surface area contributed by atoms with Crippen molar-refractivity contribution in [2.24, 2.45) is 0 Å². The molecule has 1 amide bonds. The number of Topliss-reactive ketones (excluding diaryl/α,β-unsaturated/α-hetero) is 1. The number of phosphoric ester groups is 1. The van der Waals surface area contributed by atoms with Crippen molar-refractivity contribution in [1.29, 1.82) is 0 Å². The summed E-state index contributed by atoms with van der Waals surface area (Å²) in [7, 11) is -4.67. The van der Waals surface area contributed by atoms with Gasteiger partial charge in [0.05, 0.1) is 18.2 Å². The van der Waals surface area contributed by atoms with E-state index in [-0.39, 0.29) is 11.7 Å². The van der Waals surface area contributed by atoms with Crippen LogP contribution in [-0.2, 0) is 23.4 Å².